The molecule has 0 aliphatic carbocycles. The summed E-state index contributed by atoms with van der Waals surface area (Å²) < 4.78 is 70.8. The quantitative estimate of drug-likeness (QED) is 0.296. The van der Waals surface area contributed by atoms with Crippen molar-refractivity contribution in [3.05, 3.63) is 53.1 Å². The second-order valence-electron chi connectivity index (χ2n) is 9.31. The normalized spacial score (nSPS) is 14.3. The fraction of sp³-hybridized carbons (Fsp3) is 0.269. The van der Waals surface area contributed by atoms with Crippen molar-refractivity contribution in [2.75, 3.05) is 30.9 Å². The molecule has 0 amide bonds. The van der Waals surface area contributed by atoms with E-state index >= 15 is 4.39 Å². The molecule has 0 radical (unpaired) electrons. The van der Waals surface area contributed by atoms with Crippen LogP contribution in [-0.2, 0) is 6.18 Å². The maximum absolute atomic E-state index is 16.5. The molecule has 10 nitrogen and oxygen atoms in total. The Morgan fingerprint density at radius 3 is 2.75 bits per heavy atom. The van der Waals surface area contributed by atoms with Gasteiger partial charge in [-0.25, -0.2) is 14.4 Å². The van der Waals surface area contributed by atoms with Crippen molar-refractivity contribution in [1.82, 2.24) is 30.1 Å². The number of hydrogen-bond donors (Lipinski definition) is 2. The van der Waals surface area contributed by atoms with Gasteiger partial charge < -0.3 is 20.1 Å². The van der Waals surface area contributed by atoms with Crippen LogP contribution < -0.4 is 20.1 Å². The topological polar surface area (TPSA) is 128 Å². The Bertz CT molecular complexity index is 1790. The van der Waals surface area contributed by atoms with Crippen LogP contribution in [0.25, 0.3) is 33.1 Å². The van der Waals surface area contributed by atoms with Crippen LogP contribution in [0.1, 0.15) is 29.7 Å². The van der Waals surface area contributed by atoms with Crippen molar-refractivity contribution in [3.63, 3.8) is 0 Å². The number of halogens is 4. The molecule has 3 N–H and O–H groups in total. The molecular formula is C26H22F4N8O2. The Morgan fingerprint density at radius 1 is 1.23 bits per heavy atom. The molecule has 0 saturated heterocycles. The first-order valence-electron chi connectivity index (χ1n) is 12.2. The van der Waals surface area contributed by atoms with Crippen molar-refractivity contribution in [2.24, 2.45) is 0 Å². The summed E-state index contributed by atoms with van der Waals surface area (Å²) in [7, 11) is 1.31. The molecule has 1 aliphatic rings. The molecule has 1 atom stereocenters. The summed E-state index contributed by atoms with van der Waals surface area (Å²) in [5, 5.41) is 6.68. The van der Waals surface area contributed by atoms with E-state index in [9.17, 15) is 13.2 Å². The Balaban J connectivity index is 1.67. The van der Waals surface area contributed by atoms with E-state index in [0.717, 1.165) is 0 Å². The zero-order chi connectivity index (χ0) is 28.3. The summed E-state index contributed by atoms with van der Waals surface area (Å²) in [6.45, 7) is 3.50. The Hall–Kier alpha value is -4.75. The van der Waals surface area contributed by atoms with Gasteiger partial charge in [-0.05, 0) is 31.5 Å². The molecule has 0 saturated carbocycles. The predicted molar refractivity (Wildman–Crippen MR) is 139 cm³/mol. The molecule has 1 aliphatic heterocycles. The fourth-order valence-electron chi connectivity index (χ4n) is 5.18. The molecule has 14 heteroatoms. The highest BCUT2D eigenvalue weighted by atomic mass is 19.4. The van der Waals surface area contributed by atoms with E-state index in [1.807, 2.05) is 17.9 Å². The smallest absolute Gasteiger partial charge is 0.417 e. The number of alkyl halides is 3. The number of nitrogen functional groups attached to an aromatic ring is 1. The van der Waals surface area contributed by atoms with Gasteiger partial charge in [-0.1, -0.05) is 6.07 Å². The monoisotopic (exact) mass is 554 g/mol. The number of aromatic amines is 1. The van der Waals surface area contributed by atoms with Gasteiger partial charge in [0, 0.05) is 22.7 Å². The maximum Gasteiger partial charge on any atom is 0.417 e. The summed E-state index contributed by atoms with van der Waals surface area (Å²) >= 11 is 0. The summed E-state index contributed by atoms with van der Waals surface area (Å²) in [5.41, 5.74) is 4.62. The molecule has 0 spiro atoms. The number of fused-ring (bicyclic) bond motifs is 1. The number of ether oxygens (including phenoxy) is 2. The lowest BCUT2D eigenvalue weighted by molar-refractivity contribution is -0.137. The van der Waals surface area contributed by atoms with Crippen molar-refractivity contribution < 1.29 is 27.0 Å². The lowest BCUT2D eigenvalue weighted by Crippen LogP contribution is -2.31. The molecule has 4 aromatic heterocycles. The number of nitrogens with two attached hydrogens (primary N) is 1. The molecule has 1 aromatic carbocycles. The molecule has 40 heavy (non-hydrogen) atoms. The van der Waals surface area contributed by atoms with Crippen LogP contribution in [0, 0.1) is 12.7 Å². The van der Waals surface area contributed by atoms with Gasteiger partial charge in [0.25, 0.3) is 0 Å². The number of H-pyrrole nitrogens is 1. The minimum absolute atomic E-state index is 0.0491. The number of pyridine rings is 2. The summed E-state index contributed by atoms with van der Waals surface area (Å²) in [4.78, 5) is 19.0. The average Bonchev–Trinajstić information content (AvgIpc) is 3.30. The van der Waals surface area contributed by atoms with Crippen LogP contribution in [0.2, 0.25) is 0 Å². The molecule has 5 aromatic rings. The first-order valence-corrected chi connectivity index (χ1v) is 12.2. The maximum atomic E-state index is 16.5. The highest BCUT2D eigenvalue weighted by Crippen LogP contribution is 2.47. The van der Waals surface area contributed by atoms with Gasteiger partial charge >= 0.3 is 12.2 Å². The highest BCUT2D eigenvalue weighted by Gasteiger charge is 2.39. The molecule has 1 unspecified atom stereocenters. The molecular weight excluding hydrogens is 532 g/mol. The first kappa shape index (κ1) is 25.5. The minimum Gasteiger partial charge on any atom is -0.475 e. The van der Waals surface area contributed by atoms with E-state index in [-0.39, 0.29) is 52.7 Å². The highest BCUT2D eigenvalue weighted by molar-refractivity contribution is 6.02. The zero-order valence-corrected chi connectivity index (χ0v) is 21.5. The van der Waals surface area contributed by atoms with E-state index in [0.29, 0.717) is 16.9 Å². The minimum atomic E-state index is -4.81. The van der Waals surface area contributed by atoms with Gasteiger partial charge in [0.05, 0.1) is 37.0 Å². The lowest BCUT2D eigenvalue weighted by atomic mass is 9.94. The third-order valence-corrected chi connectivity index (χ3v) is 6.99. The standard InChI is InChI=1S/C26H22F4N8O2/c1-11-9-15-14(10-33-37-15)16(18(11)26(28,29)30)20-19(27)21-17-23(36-25(35-21)39-3)38(7-8-40-24(17)34-20)12(2)13-5-4-6-32-22(13)31/h4-6,9-10,12H,7-8H2,1-3H3,(H2,31,32)(H,33,37). The number of rotatable bonds is 4. The molecule has 5 heterocycles. The van der Waals surface area contributed by atoms with Crippen LogP contribution in [0.15, 0.2) is 30.6 Å². The van der Waals surface area contributed by atoms with Crippen molar-refractivity contribution in [2.45, 2.75) is 26.1 Å². The van der Waals surface area contributed by atoms with Gasteiger partial charge in [0.1, 0.15) is 34.8 Å². The van der Waals surface area contributed by atoms with E-state index in [4.69, 9.17) is 15.2 Å². The van der Waals surface area contributed by atoms with E-state index in [1.54, 1.807) is 12.3 Å². The van der Waals surface area contributed by atoms with Crippen LogP contribution in [-0.4, -0.2) is 50.4 Å². The molecule has 206 valence electrons. The van der Waals surface area contributed by atoms with E-state index in [1.165, 1.54) is 26.3 Å². The molecule has 6 rings (SSSR count). The van der Waals surface area contributed by atoms with E-state index < -0.39 is 34.9 Å². The van der Waals surface area contributed by atoms with Gasteiger partial charge in [-0.15, -0.1) is 0 Å². The Morgan fingerprint density at radius 2 is 2.02 bits per heavy atom. The molecule has 0 fully saturated rings. The molecule has 0 bridgehead atoms. The number of benzene rings is 1. The summed E-state index contributed by atoms with van der Waals surface area (Å²) in [6.07, 6.45) is -2.04. The van der Waals surface area contributed by atoms with Crippen molar-refractivity contribution in [3.8, 4) is 23.1 Å². The SMILES string of the molecule is COc1nc2c3c(nc(-c4c(C(F)(F)F)c(C)cc5[nH]ncc45)c(F)c3n1)OCCN2C(C)c1cccnc1N. The van der Waals surface area contributed by atoms with Crippen LogP contribution in [0.3, 0.4) is 0 Å². The van der Waals surface area contributed by atoms with Crippen LogP contribution in [0.5, 0.6) is 11.9 Å². The second kappa shape index (κ2) is 9.17. The average molecular weight is 555 g/mol. The largest absolute Gasteiger partial charge is 0.475 e. The number of nitrogens with one attached hydrogen (secondary N) is 1. The number of nitrogens with zero attached hydrogens (tertiary/aromatic N) is 6. The number of hydrogen-bond acceptors (Lipinski definition) is 9. The Kier molecular flexibility index (Phi) is 5.85. The van der Waals surface area contributed by atoms with Crippen LogP contribution in [0.4, 0.5) is 29.2 Å². The lowest BCUT2D eigenvalue weighted by Gasteiger charge is -2.30. The zero-order valence-electron chi connectivity index (χ0n) is 21.5. The second-order valence-corrected chi connectivity index (χ2v) is 9.31. The van der Waals surface area contributed by atoms with Crippen molar-refractivity contribution in [1.29, 1.82) is 0 Å². The van der Waals surface area contributed by atoms with Crippen molar-refractivity contribution >= 4 is 33.4 Å². The number of anilines is 2. The van der Waals surface area contributed by atoms with Crippen LogP contribution >= 0.6 is 0 Å². The first-order chi connectivity index (χ1) is 19.1. The van der Waals surface area contributed by atoms with E-state index in [2.05, 4.69) is 30.1 Å². The summed E-state index contributed by atoms with van der Waals surface area (Å²) in [6, 6.07) is 4.28. The van der Waals surface area contributed by atoms with Gasteiger partial charge in [0.15, 0.2) is 5.82 Å². The van der Waals surface area contributed by atoms with Gasteiger partial charge in [0.2, 0.25) is 5.88 Å². The predicted octanol–water partition coefficient (Wildman–Crippen LogP) is 4.98. The van der Waals surface area contributed by atoms with Gasteiger partial charge in [-0.2, -0.15) is 28.2 Å². The fourth-order valence-corrected chi connectivity index (χ4v) is 5.18. The number of aryl methyl sites for hydroxylation is 1. The Labute approximate surface area is 224 Å². The number of aromatic nitrogens is 6. The van der Waals surface area contributed by atoms with Gasteiger partial charge in [-0.3, -0.25) is 5.10 Å². The number of methoxy groups -OCH3 is 1. The third-order valence-electron chi connectivity index (χ3n) is 6.99. The summed E-state index contributed by atoms with van der Waals surface area (Å²) in [5.74, 6) is -0.653. The third kappa shape index (κ3) is 3.89.